The molecule has 2 fully saturated rings. The third kappa shape index (κ3) is 4.80. The molecule has 0 bridgehead atoms. The molecule has 38 heavy (non-hydrogen) atoms. The Bertz CT molecular complexity index is 1450. The third-order valence-electron chi connectivity index (χ3n) is 8.21. The second-order valence-corrected chi connectivity index (χ2v) is 10.6. The third-order valence-corrected chi connectivity index (χ3v) is 8.21. The van der Waals surface area contributed by atoms with Crippen LogP contribution in [0.25, 0.3) is 22.3 Å². The van der Waals surface area contributed by atoms with Crippen LogP contribution in [0.4, 0.5) is 13.2 Å². The van der Waals surface area contributed by atoms with E-state index in [-0.39, 0.29) is 17.8 Å². The quantitative estimate of drug-likeness (QED) is 0.255. The minimum Gasteiger partial charge on any atom is -0.314 e. The van der Waals surface area contributed by atoms with Gasteiger partial charge < -0.3 is 9.47 Å². The molecule has 5 nitrogen and oxygen atoms in total. The summed E-state index contributed by atoms with van der Waals surface area (Å²) in [5.41, 5.74) is 3.52. The van der Waals surface area contributed by atoms with E-state index >= 15 is 0 Å². The smallest absolute Gasteiger partial charge is 0.314 e. The van der Waals surface area contributed by atoms with Crippen molar-refractivity contribution in [3.8, 4) is 11.4 Å². The average molecular weight is 542 g/mol. The van der Waals surface area contributed by atoms with Gasteiger partial charge in [0.2, 0.25) is 0 Å². The fraction of sp³-hybridized carbons (Fsp3) is 0.414. The number of aryl methyl sites for hydroxylation is 2. The molecule has 200 valence electrons. The Morgan fingerprint density at radius 1 is 1.00 bits per heavy atom. The SMILES string of the molecule is Cc1ccc2c(-c3nnc(CCCCN4C[C@@H]5C[C@]5(c5ccc(C(F)(F)F)cc5)C4)n3C)cccc2n1.Cl. The molecule has 2 aliphatic rings. The summed E-state index contributed by atoms with van der Waals surface area (Å²) < 4.78 is 40.9. The van der Waals surface area contributed by atoms with Crippen LogP contribution in [0, 0.1) is 12.8 Å². The van der Waals surface area contributed by atoms with E-state index in [4.69, 9.17) is 0 Å². The van der Waals surface area contributed by atoms with Gasteiger partial charge in [-0.15, -0.1) is 22.6 Å². The standard InChI is InChI=1S/C29H30F3N5.ClH/c1-19-9-14-23-24(6-5-7-25(23)33-19)27-35-34-26(36(27)2)8-3-4-15-37-17-22-16-28(22,18-37)20-10-12-21(13-11-20)29(30,31)32;/h5-7,9-14,22H,3-4,8,15-18H2,1-2H3;1H/t22-,28+;/m0./s1. The van der Waals surface area contributed by atoms with Crippen LogP contribution < -0.4 is 0 Å². The zero-order chi connectivity index (χ0) is 25.8. The Morgan fingerprint density at radius 3 is 2.55 bits per heavy atom. The molecule has 1 aliphatic carbocycles. The van der Waals surface area contributed by atoms with Gasteiger partial charge in [0.15, 0.2) is 5.82 Å². The van der Waals surface area contributed by atoms with Crippen molar-refractivity contribution in [3.63, 3.8) is 0 Å². The summed E-state index contributed by atoms with van der Waals surface area (Å²) in [6.45, 7) is 4.96. The minimum absolute atomic E-state index is 0. The number of aromatic nitrogens is 4. The number of hydrogen-bond acceptors (Lipinski definition) is 4. The molecular weight excluding hydrogens is 511 g/mol. The van der Waals surface area contributed by atoms with Crippen LogP contribution >= 0.6 is 12.4 Å². The fourth-order valence-electron chi connectivity index (χ4n) is 6.08. The first-order valence-electron chi connectivity index (χ1n) is 12.9. The number of hydrogen-bond donors (Lipinski definition) is 0. The van der Waals surface area contributed by atoms with Gasteiger partial charge in [0, 0.05) is 48.6 Å². The van der Waals surface area contributed by atoms with Crippen molar-refractivity contribution in [1.29, 1.82) is 0 Å². The number of fused-ring (bicyclic) bond motifs is 2. The van der Waals surface area contributed by atoms with Gasteiger partial charge in [-0.25, -0.2) is 0 Å². The summed E-state index contributed by atoms with van der Waals surface area (Å²) in [7, 11) is 2.02. The van der Waals surface area contributed by atoms with Crippen molar-refractivity contribution < 1.29 is 13.2 Å². The molecule has 0 unspecified atom stereocenters. The lowest BCUT2D eigenvalue weighted by Crippen LogP contribution is -2.27. The molecule has 0 amide bonds. The van der Waals surface area contributed by atoms with Crippen LogP contribution in [0.3, 0.4) is 0 Å². The van der Waals surface area contributed by atoms with E-state index in [9.17, 15) is 13.2 Å². The first-order chi connectivity index (χ1) is 17.7. The Labute approximate surface area is 226 Å². The number of pyridine rings is 1. The molecule has 9 heteroatoms. The Kier molecular flexibility index (Phi) is 6.99. The van der Waals surface area contributed by atoms with Crippen LogP contribution in [0.15, 0.2) is 54.6 Å². The number of likely N-dealkylation sites (tertiary alicyclic amines) is 1. The second-order valence-electron chi connectivity index (χ2n) is 10.6. The van der Waals surface area contributed by atoms with Crippen molar-refractivity contribution in [2.24, 2.45) is 13.0 Å². The molecule has 6 rings (SSSR count). The monoisotopic (exact) mass is 541 g/mol. The largest absolute Gasteiger partial charge is 0.416 e. The number of benzene rings is 2. The maximum Gasteiger partial charge on any atom is 0.416 e. The van der Waals surface area contributed by atoms with E-state index in [0.29, 0.717) is 5.92 Å². The molecule has 0 radical (unpaired) electrons. The van der Waals surface area contributed by atoms with Crippen LogP contribution in [0.2, 0.25) is 0 Å². The Balaban J connectivity index is 0.00000294. The zero-order valence-electron chi connectivity index (χ0n) is 21.5. The Morgan fingerprint density at radius 2 is 1.79 bits per heavy atom. The van der Waals surface area contributed by atoms with Crippen LogP contribution in [-0.2, 0) is 25.1 Å². The van der Waals surface area contributed by atoms with Gasteiger partial charge in [-0.3, -0.25) is 4.98 Å². The maximum absolute atomic E-state index is 12.9. The lowest BCUT2D eigenvalue weighted by Gasteiger charge is -2.21. The summed E-state index contributed by atoms with van der Waals surface area (Å²) in [6, 6.07) is 16.0. The fourth-order valence-corrected chi connectivity index (χ4v) is 6.08. The van der Waals surface area contributed by atoms with Gasteiger partial charge in [-0.05, 0) is 68.5 Å². The number of piperidine rings is 1. The van der Waals surface area contributed by atoms with Crippen LogP contribution in [-0.4, -0.2) is 44.3 Å². The minimum atomic E-state index is -4.28. The van der Waals surface area contributed by atoms with E-state index in [1.807, 2.05) is 32.2 Å². The second kappa shape index (κ2) is 9.97. The highest BCUT2D eigenvalue weighted by Crippen LogP contribution is 2.59. The van der Waals surface area contributed by atoms with E-state index < -0.39 is 11.7 Å². The predicted molar refractivity (Wildman–Crippen MR) is 144 cm³/mol. The molecule has 2 aromatic carbocycles. The molecule has 4 aromatic rings. The topological polar surface area (TPSA) is 46.8 Å². The molecule has 3 heterocycles. The summed E-state index contributed by atoms with van der Waals surface area (Å²) in [5, 5.41) is 10.1. The number of unbranched alkanes of at least 4 members (excludes halogenated alkanes) is 1. The number of rotatable bonds is 7. The van der Waals surface area contributed by atoms with Gasteiger partial charge in [-0.1, -0.05) is 30.3 Å². The highest BCUT2D eigenvalue weighted by atomic mass is 35.5. The van der Waals surface area contributed by atoms with E-state index in [1.165, 1.54) is 12.1 Å². The maximum atomic E-state index is 12.9. The number of nitrogens with zero attached hydrogens (tertiary/aromatic N) is 5. The van der Waals surface area contributed by atoms with Crippen molar-refractivity contribution in [2.45, 2.75) is 44.2 Å². The van der Waals surface area contributed by atoms with Crippen molar-refractivity contribution in [1.82, 2.24) is 24.6 Å². The van der Waals surface area contributed by atoms with E-state index in [2.05, 4.69) is 36.8 Å². The number of halogens is 4. The lowest BCUT2D eigenvalue weighted by atomic mass is 9.94. The Hall–Kier alpha value is -2.97. The molecule has 1 aliphatic heterocycles. The van der Waals surface area contributed by atoms with Crippen molar-refractivity contribution in [2.75, 3.05) is 19.6 Å². The van der Waals surface area contributed by atoms with Gasteiger partial charge in [0.25, 0.3) is 0 Å². The molecule has 2 aromatic heterocycles. The summed E-state index contributed by atoms with van der Waals surface area (Å²) in [5.74, 6) is 2.38. The highest BCUT2D eigenvalue weighted by molar-refractivity contribution is 5.92. The van der Waals surface area contributed by atoms with Gasteiger partial charge in [0.05, 0.1) is 11.1 Å². The van der Waals surface area contributed by atoms with Crippen LogP contribution in [0.5, 0.6) is 0 Å². The number of alkyl halides is 3. The highest BCUT2D eigenvalue weighted by Gasteiger charge is 2.60. The first kappa shape index (κ1) is 26.6. The average Bonchev–Trinajstić information content (AvgIpc) is 3.25. The lowest BCUT2D eigenvalue weighted by molar-refractivity contribution is -0.137. The molecule has 2 atom stereocenters. The molecule has 0 spiro atoms. The first-order valence-corrected chi connectivity index (χ1v) is 12.9. The van der Waals surface area contributed by atoms with Gasteiger partial charge >= 0.3 is 6.18 Å². The van der Waals surface area contributed by atoms with Crippen molar-refractivity contribution >= 4 is 23.3 Å². The van der Waals surface area contributed by atoms with E-state index in [1.54, 1.807) is 12.1 Å². The summed E-state index contributed by atoms with van der Waals surface area (Å²) in [4.78, 5) is 7.11. The van der Waals surface area contributed by atoms with Gasteiger partial charge in [0.1, 0.15) is 5.82 Å². The van der Waals surface area contributed by atoms with Crippen molar-refractivity contribution in [3.05, 3.63) is 77.2 Å². The summed E-state index contributed by atoms with van der Waals surface area (Å²) >= 11 is 0. The van der Waals surface area contributed by atoms with Crippen LogP contribution in [0.1, 0.15) is 41.9 Å². The molecule has 1 saturated heterocycles. The zero-order valence-corrected chi connectivity index (χ0v) is 22.3. The van der Waals surface area contributed by atoms with Gasteiger partial charge in [-0.2, -0.15) is 13.2 Å². The normalized spacial score (nSPS) is 20.9. The molecule has 1 saturated carbocycles. The summed E-state index contributed by atoms with van der Waals surface area (Å²) in [6.07, 6.45) is -0.283. The molecule has 0 N–H and O–H groups in total. The molecular formula is C29H31ClF3N5. The predicted octanol–water partition coefficient (Wildman–Crippen LogP) is 6.38. The van der Waals surface area contributed by atoms with E-state index in [0.717, 1.165) is 84.7 Å².